The second-order valence-electron chi connectivity index (χ2n) is 4.89. The van der Waals surface area contributed by atoms with Crippen molar-refractivity contribution in [3.05, 3.63) is 33.9 Å². The molecular formula is C13H13FN2O6. The van der Waals surface area contributed by atoms with Crippen molar-refractivity contribution in [1.29, 1.82) is 0 Å². The van der Waals surface area contributed by atoms with E-state index in [2.05, 4.69) is 0 Å². The number of nitro groups is 1. The maximum absolute atomic E-state index is 14.0. The number of amides is 1. The van der Waals surface area contributed by atoms with E-state index in [0.717, 1.165) is 11.0 Å². The molecule has 0 aromatic heterocycles. The summed E-state index contributed by atoms with van der Waals surface area (Å²) in [4.78, 5) is 34.3. The first-order valence-electron chi connectivity index (χ1n) is 6.32. The third kappa shape index (κ3) is 2.69. The van der Waals surface area contributed by atoms with Crippen molar-refractivity contribution in [2.75, 3.05) is 20.2 Å². The van der Waals surface area contributed by atoms with E-state index in [-0.39, 0.29) is 24.3 Å². The molecule has 1 amide bonds. The zero-order chi connectivity index (χ0) is 16.5. The van der Waals surface area contributed by atoms with Gasteiger partial charge in [0, 0.05) is 24.6 Å². The van der Waals surface area contributed by atoms with E-state index in [1.54, 1.807) is 0 Å². The quantitative estimate of drug-likeness (QED) is 0.661. The van der Waals surface area contributed by atoms with E-state index < -0.39 is 34.7 Å². The first-order valence-corrected chi connectivity index (χ1v) is 6.32. The van der Waals surface area contributed by atoms with Crippen molar-refractivity contribution in [3.8, 4) is 5.75 Å². The van der Waals surface area contributed by atoms with E-state index in [4.69, 9.17) is 9.84 Å². The number of rotatable bonds is 4. The zero-order valence-corrected chi connectivity index (χ0v) is 11.6. The van der Waals surface area contributed by atoms with Gasteiger partial charge in [-0.25, -0.2) is 9.18 Å². The highest BCUT2D eigenvalue weighted by Crippen LogP contribution is 2.30. The number of aliphatic carboxylic acids is 1. The first-order chi connectivity index (χ1) is 10.3. The molecule has 1 aromatic rings. The molecule has 1 aromatic carbocycles. The summed E-state index contributed by atoms with van der Waals surface area (Å²) in [6.07, 6.45) is -0.313. The van der Waals surface area contributed by atoms with Crippen LogP contribution in [0.5, 0.6) is 5.75 Å². The molecule has 0 aliphatic carbocycles. The van der Waals surface area contributed by atoms with Crippen LogP contribution in [0.3, 0.4) is 0 Å². The van der Waals surface area contributed by atoms with Crippen LogP contribution in [-0.4, -0.2) is 52.7 Å². The average Bonchev–Trinajstić information content (AvgIpc) is 2.89. The van der Waals surface area contributed by atoms with Gasteiger partial charge in [0.15, 0.2) is 5.75 Å². The number of ether oxygens (including phenoxy) is 1. The molecule has 0 radical (unpaired) electrons. The van der Waals surface area contributed by atoms with Crippen molar-refractivity contribution in [2.24, 2.45) is 0 Å². The van der Waals surface area contributed by atoms with Crippen molar-refractivity contribution >= 4 is 17.6 Å². The Hall–Kier alpha value is -2.71. The Labute approximate surface area is 124 Å². The van der Waals surface area contributed by atoms with Gasteiger partial charge < -0.3 is 14.7 Å². The van der Waals surface area contributed by atoms with Gasteiger partial charge in [0.2, 0.25) is 5.67 Å². The molecule has 1 fully saturated rings. The van der Waals surface area contributed by atoms with Crippen LogP contribution in [0.15, 0.2) is 18.2 Å². The van der Waals surface area contributed by atoms with E-state index in [9.17, 15) is 24.1 Å². The summed E-state index contributed by atoms with van der Waals surface area (Å²) in [5, 5.41) is 19.7. The van der Waals surface area contributed by atoms with Gasteiger partial charge in [-0.05, 0) is 12.1 Å². The van der Waals surface area contributed by atoms with Gasteiger partial charge in [-0.1, -0.05) is 0 Å². The molecule has 1 N–H and O–H groups in total. The Morgan fingerprint density at radius 3 is 2.68 bits per heavy atom. The summed E-state index contributed by atoms with van der Waals surface area (Å²) >= 11 is 0. The van der Waals surface area contributed by atoms with Crippen LogP contribution in [0.4, 0.5) is 10.1 Å². The Balaban J connectivity index is 2.26. The summed E-state index contributed by atoms with van der Waals surface area (Å²) in [5.74, 6) is -2.29. The third-order valence-corrected chi connectivity index (χ3v) is 3.51. The van der Waals surface area contributed by atoms with Crippen LogP contribution < -0.4 is 4.74 Å². The van der Waals surface area contributed by atoms with Crippen LogP contribution in [0.2, 0.25) is 0 Å². The fourth-order valence-corrected chi connectivity index (χ4v) is 2.27. The number of halogens is 1. The summed E-state index contributed by atoms with van der Waals surface area (Å²) in [7, 11) is 1.26. The molecule has 0 bridgehead atoms. The number of likely N-dealkylation sites (tertiary alicyclic amines) is 1. The number of hydrogen-bond acceptors (Lipinski definition) is 5. The number of hydrogen-bond donors (Lipinski definition) is 1. The zero-order valence-electron chi connectivity index (χ0n) is 11.6. The number of carbonyl (C=O) groups excluding carboxylic acids is 1. The second kappa shape index (κ2) is 5.58. The standard InChI is InChI=1S/C13H13FN2O6/c1-22-10-3-2-8(6-9(10)16(20)21)11(17)15-5-4-13(14,7-15)12(18)19/h2-3,6H,4-5,7H2,1H3,(H,18,19). The van der Waals surface area contributed by atoms with Gasteiger partial charge in [-0.3, -0.25) is 14.9 Å². The molecule has 118 valence electrons. The van der Waals surface area contributed by atoms with Gasteiger partial charge in [0.25, 0.3) is 5.91 Å². The number of methoxy groups -OCH3 is 1. The van der Waals surface area contributed by atoms with Crippen molar-refractivity contribution in [1.82, 2.24) is 4.90 Å². The predicted molar refractivity (Wildman–Crippen MR) is 71.6 cm³/mol. The number of benzene rings is 1. The van der Waals surface area contributed by atoms with Gasteiger partial charge in [-0.2, -0.15) is 0 Å². The molecule has 1 heterocycles. The molecule has 1 aliphatic rings. The molecule has 0 saturated carbocycles. The Morgan fingerprint density at radius 2 is 2.18 bits per heavy atom. The van der Waals surface area contributed by atoms with Gasteiger partial charge in [-0.15, -0.1) is 0 Å². The van der Waals surface area contributed by atoms with Crippen LogP contribution in [0, 0.1) is 10.1 Å². The maximum atomic E-state index is 14.0. The highest BCUT2D eigenvalue weighted by Gasteiger charge is 2.47. The monoisotopic (exact) mass is 312 g/mol. The van der Waals surface area contributed by atoms with Gasteiger partial charge in [0.1, 0.15) is 0 Å². The summed E-state index contributed by atoms with van der Waals surface area (Å²) in [6, 6.07) is 3.61. The van der Waals surface area contributed by atoms with Crippen molar-refractivity contribution in [2.45, 2.75) is 12.1 Å². The highest BCUT2D eigenvalue weighted by molar-refractivity contribution is 5.96. The number of nitro benzene ring substituents is 1. The Kier molecular flexibility index (Phi) is 3.98. The molecule has 2 rings (SSSR count). The average molecular weight is 312 g/mol. The SMILES string of the molecule is COc1ccc(C(=O)N2CCC(F)(C(=O)O)C2)cc1[N+](=O)[O-]. The van der Waals surface area contributed by atoms with Crippen LogP contribution in [0.1, 0.15) is 16.8 Å². The van der Waals surface area contributed by atoms with Gasteiger partial charge in [0.05, 0.1) is 18.6 Å². The topological polar surface area (TPSA) is 110 Å². The second-order valence-corrected chi connectivity index (χ2v) is 4.89. The molecule has 1 unspecified atom stereocenters. The lowest BCUT2D eigenvalue weighted by molar-refractivity contribution is -0.385. The number of nitrogens with zero attached hydrogens (tertiary/aromatic N) is 2. The molecule has 9 heteroatoms. The van der Waals surface area contributed by atoms with Crippen molar-refractivity contribution < 1.29 is 28.7 Å². The summed E-state index contributed by atoms with van der Waals surface area (Å²) in [5.41, 5.74) is -2.90. The largest absolute Gasteiger partial charge is 0.490 e. The third-order valence-electron chi connectivity index (χ3n) is 3.51. The number of alkyl halides is 1. The maximum Gasteiger partial charge on any atom is 0.343 e. The van der Waals surface area contributed by atoms with Crippen LogP contribution >= 0.6 is 0 Å². The predicted octanol–water partition coefficient (Wildman–Crippen LogP) is 1.24. The lowest BCUT2D eigenvalue weighted by Crippen LogP contribution is -2.38. The molecular weight excluding hydrogens is 299 g/mol. The smallest absolute Gasteiger partial charge is 0.343 e. The van der Waals surface area contributed by atoms with Crippen LogP contribution in [0.25, 0.3) is 0 Å². The fraction of sp³-hybridized carbons (Fsp3) is 0.385. The van der Waals surface area contributed by atoms with E-state index >= 15 is 0 Å². The molecule has 1 saturated heterocycles. The minimum Gasteiger partial charge on any atom is -0.490 e. The highest BCUT2D eigenvalue weighted by atomic mass is 19.1. The lowest BCUT2D eigenvalue weighted by Gasteiger charge is -2.17. The summed E-state index contributed by atoms with van der Waals surface area (Å²) < 4.78 is 18.8. The Morgan fingerprint density at radius 1 is 1.50 bits per heavy atom. The number of carboxylic acid groups (broad SMARTS) is 1. The Bertz CT molecular complexity index is 649. The minimum absolute atomic E-state index is 0.00616. The number of carboxylic acids is 1. The van der Waals surface area contributed by atoms with E-state index in [1.807, 2.05) is 0 Å². The normalized spacial score (nSPS) is 20.7. The fourth-order valence-electron chi connectivity index (χ4n) is 2.27. The molecule has 1 aliphatic heterocycles. The summed E-state index contributed by atoms with van der Waals surface area (Å²) in [6.45, 7) is -0.650. The van der Waals surface area contributed by atoms with E-state index in [0.29, 0.717) is 0 Å². The lowest BCUT2D eigenvalue weighted by atomic mass is 10.1. The molecule has 22 heavy (non-hydrogen) atoms. The van der Waals surface area contributed by atoms with E-state index in [1.165, 1.54) is 19.2 Å². The van der Waals surface area contributed by atoms with Crippen molar-refractivity contribution in [3.63, 3.8) is 0 Å². The first kappa shape index (κ1) is 15.7. The number of carbonyl (C=O) groups is 2. The van der Waals surface area contributed by atoms with Gasteiger partial charge >= 0.3 is 11.7 Å². The molecule has 8 nitrogen and oxygen atoms in total. The van der Waals surface area contributed by atoms with Crippen LogP contribution in [-0.2, 0) is 4.79 Å². The molecule has 0 spiro atoms. The minimum atomic E-state index is -2.48. The molecule has 1 atom stereocenters.